The van der Waals surface area contributed by atoms with E-state index >= 15 is 0 Å². The Hall–Kier alpha value is -1.96. The molecule has 37 heavy (non-hydrogen) atoms. The van der Waals surface area contributed by atoms with Crippen LogP contribution in [0.4, 0.5) is 0 Å². The molecule has 0 saturated heterocycles. The first kappa shape index (κ1) is 33.1. The molecule has 0 aliphatic rings. The van der Waals surface area contributed by atoms with Gasteiger partial charge in [0, 0.05) is 13.2 Å². The van der Waals surface area contributed by atoms with Gasteiger partial charge in [-0.05, 0) is 25.0 Å². The quantitative estimate of drug-likeness (QED) is 0.0811. The summed E-state index contributed by atoms with van der Waals surface area (Å²) in [6.45, 7) is 6.19. The van der Waals surface area contributed by atoms with Gasteiger partial charge in [0.05, 0.1) is 24.3 Å². The van der Waals surface area contributed by atoms with Crippen LogP contribution in [0, 0.1) is 0 Å². The molecular formula is C30H50O7. The van der Waals surface area contributed by atoms with Crippen LogP contribution in [0.15, 0.2) is 24.3 Å². The lowest BCUT2D eigenvalue weighted by Crippen LogP contribution is -2.26. The van der Waals surface area contributed by atoms with Gasteiger partial charge in [-0.2, -0.15) is 0 Å². The highest BCUT2D eigenvalue weighted by molar-refractivity contribution is 6.02. The summed E-state index contributed by atoms with van der Waals surface area (Å²) in [5.74, 6) is -1.84. The molecule has 7 heteroatoms. The second kappa shape index (κ2) is 23.2. The van der Waals surface area contributed by atoms with Gasteiger partial charge in [0.2, 0.25) is 0 Å². The van der Waals surface area contributed by atoms with Gasteiger partial charge in [-0.25, -0.2) is 9.59 Å². The summed E-state index contributed by atoms with van der Waals surface area (Å²) in [6.07, 6.45) is 16.7. The molecule has 0 spiro atoms. The number of carbonyl (C=O) groups is 2. The maximum atomic E-state index is 12.2. The topological polar surface area (TPSA) is 91.3 Å². The number of carbonyl (C=O) groups excluding carboxylic acids is 1. The summed E-state index contributed by atoms with van der Waals surface area (Å²) in [7, 11) is 0. The van der Waals surface area contributed by atoms with Crippen molar-refractivity contribution in [1.82, 2.24) is 0 Å². The predicted octanol–water partition coefficient (Wildman–Crippen LogP) is 7.42. The lowest BCUT2D eigenvalue weighted by atomic mass is 10.1. The largest absolute Gasteiger partial charge is 0.478 e. The molecule has 0 radical (unpaired) electrons. The fourth-order valence-electron chi connectivity index (χ4n) is 3.99. The smallest absolute Gasteiger partial charge is 0.339 e. The van der Waals surface area contributed by atoms with Gasteiger partial charge in [-0.1, -0.05) is 103 Å². The Labute approximate surface area is 224 Å². The van der Waals surface area contributed by atoms with Gasteiger partial charge in [0.25, 0.3) is 0 Å². The highest BCUT2D eigenvalue weighted by Gasteiger charge is 2.17. The Morgan fingerprint density at radius 1 is 0.676 bits per heavy atom. The lowest BCUT2D eigenvalue weighted by molar-refractivity contribution is -0.174. The Morgan fingerprint density at radius 3 is 1.68 bits per heavy atom. The molecule has 0 heterocycles. The third-order valence-corrected chi connectivity index (χ3v) is 6.20. The number of ether oxygens (including phenoxy) is 4. The van der Waals surface area contributed by atoms with E-state index < -0.39 is 18.2 Å². The van der Waals surface area contributed by atoms with Gasteiger partial charge >= 0.3 is 11.9 Å². The zero-order valence-electron chi connectivity index (χ0n) is 23.2. The number of aromatic carboxylic acids is 1. The van der Waals surface area contributed by atoms with E-state index in [2.05, 4.69) is 13.8 Å². The highest BCUT2D eigenvalue weighted by atomic mass is 16.7. The number of hydrogen-bond donors (Lipinski definition) is 1. The fraction of sp³-hybridized carbons (Fsp3) is 0.733. The minimum atomic E-state index is -1.16. The van der Waals surface area contributed by atoms with Crippen molar-refractivity contribution in [1.29, 1.82) is 0 Å². The Kier molecular flexibility index (Phi) is 20.7. The van der Waals surface area contributed by atoms with E-state index in [0.717, 1.165) is 25.7 Å². The van der Waals surface area contributed by atoms with Gasteiger partial charge in [-0.15, -0.1) is 0 Å². The number of carboxylic acid groups (broad SMARTS) is 1. The molecule has 1 aromatic carbocycles. The van der Waals surface area contributed by atoms with Crippen LogP contribution in [-0.4, -0.2) is 56.4 Å². The molecule has 0 aliphatic carbocycles. The number of benzene rings is 1. The molecular weight excluding hydrogens is 472 g/mol. The molecule has 0 fully saturated rings. The fourth-order valence-corrected chi connectivity index (χ4v) is 3.99. The standard InChI is InChI=1S/C30H50O7/c1-3-5-7-9-11-13-17-21-35-28(36-22-18-14-12-10-8-6-4-2)25-34-23-24-37-30(33)27-20-16-15-19-26(27)29(31)32/h15-16,19-20,28H,3-14,17-18,21-25H2,1-2H3,(H,31,32). The van der Waals surface area contributed by atoms with Crippen LogP contribution >= 0.6 is 0 Å². The van der Waals surface area contributed by atoms with E-state index in [-0.39, 0.29) is 30.9 Å². The SMILES string of the molecule is CCCCCCCCCOC(COCCOC(=O)c1ccccc1C(=O)O)OCCCCCCCCC. The van der Waals surface area contributed by atoms with Crippen LogP contribution in [-0.2, 0) is 18.9 Å². The molecule has 0 aromatic heterocycles. The van der Waals surface area contributed by atoms with E-state index in [9.17, 15) is 14.7 Å². The van der Waals surface area contributed by atoms with Gasteiger partial charge in [0.1, 0.15) is 6.61 Å². The summed E-state index contributed by atoms with van der Waals surface area (Å²) in [4.78, 5) is 23.5. The van der Waals surface area contributed by atoms with Gasteiger partial charge in [0.15, 0.2) is 6.29 Å². The lowest BCUT2D eigenvalue weighted by Gasteiger charge is -2.19. The van der Waals surface area contributed by atoms with E-state index in [1.807, 2.05) is 0 Å². The molecule has 0 amide bonds. The normalized spacial score (nSPS) is 11.2. The zero-order chi connectivity index (χ0) is 27.0. The minimum absolute atomic E-state index is 0.0228. The summed E-state index contributed by atoms with van der Waals surface area (Å²) in [6, 6.07) is 6.00. The average molecular weight is 523 g/mol. The number of esters is 1. The molecule has 0 bridgehead atoms. The van der Waals surface area contributed by atoms with Crippen LogP contribution in [0.5, 0.6) is 0 Å². The number of rotatable bonds is 25. The minimum Gasteiger partial charge on any atom is -0.478 e. The summed E-state index contributed by atoms with van der Waals surface area (Å²) in [5, 5.41) is 9.23. The van der Waals surface area contributed by atoms with Crippen molar-refractivity contribution in [2.24, 2.45) is 0 Å². The molecule has 212 valence electrons. The predicted molar refractivity (Wildman–Crippen MR) is 146 cm³/mol. The molecule has 7 nitrogen and oxygen atoms in total. The van der Waals surface area contributed by atoms with E-state index in [4.69, 9.17) is 18.9 Å². The third kappa shape index (κ3) is 17.2. The van der Waals surface area contributed by atoms with E-state index in [0.29, 0.717) is 13.2 Å². The number of carboxylic acids is 1. The molecule has 0 atom stereocenters. The number of unbranched alkanes of at least 4 members (excludes halogenated alkanes) is 12. The van der Waals surface area contributed by atoms with Crippen LogP contribution in [0.25, 0.3) is 0 Å². The summed E-state index contributed by atoms with van der Waals surface area (Å²) < 4.78 is 22.8. The van der Waals surface area contributed by atoms with Crippen LogP contribution in [0.2, 0.25) is 0 Å². The monoisotopic (exact) mass is 522 g/mol. The second-order valence-electron chi connectivity index (χ2n) is 9.48. The first-order valence-corrected chi connectivity index (χ1v) is 14.4. The first-order valence-electron chi connectivity index (χ1n) is 14.4. The summed E-state index contributed by atoms with van der Waals surface area (Å²) >= 11 is 0. The van der Waals surface area contributed by atoms with Crippen molar-refractivity contribution in [2.45, 2.75) is 110 Å². The van der Waals surface area contributed by atoms with Crippen LogP contribution < -0.4 is 0 Å². The molecule has 1 aromatic rings. The Morgan fingerprint density at radius 2 is 1.16 bits per heavy atom. The van der Waals surface area contributed by atoms with Crippen molar-refractivity contribution in [2.75, 3.05) is 33.0 Å². The van der Waals surface area contributed by atoms with Crippen molar-refractivity contribution >= 4 is 11.9 Å². The third-order valence-electron chi connectivity index (χ3n) is 6.20. The van der Waals surface area contributed by atoms with E-state index in [1.54, 1.807) is 12.1 Å². The summed E-state index contributed by atoms with van der Waals surface area (Å²) in [5.41, 5.74) is -0.0464. The maximum Gasteiger partial charge on any atom is 0.339 e. The van der Waals surface area contributed by atoms with Gasteiger partial charge in [-0.3, -0.25) is 0 Å². The van der Waals surface area contributed by atoms with Crippen LogP contribution in [0.1, 0.15) is 124 Å². The Balaban J connectivity index is 2.31. The maximum absolute atomic E-state index is 12.2. The molecule has 0 aliphatic heterocycles. The van der Waals surface area contributed by atoms with Crippen molar-refractivity contribution in [3.05, 3.63) is 35.4 Å². The zero-order valence-corrected chi connectivity index (χ0v) is 23.2. The molecule has 0 saturated carbocycles. The highest BCUT2D eigenvalue weighted by Crippen LogP contribution is 2.12. The molecule has 1 N–H and O–H groups in total. The number of hydrogen-bond acceptors (Lipinski definition) is 6. The van der Waals surface area contributed by atoms with Crippen molar-refractivity contribution in [3.63, 3.8) is 0 Å². The van der Waals surface area contributed by atoms with Crippen molar-refractivity contribution in [3.8, 4) is 0 Å². The average Bonchev–Trinajstić information content (AvgIpc) is 2.90. The first-order chi connectivity index (χ1) is 18.1. The molecule has 1 rings (SSSR count). The van der Waals surface area contributed by atoms with Crippen LogP contribution in [0.3, 0.4) is 0 Å². The van der Waals surface area contributed by atoms with Crippen molar-refractivity contribution < 1.29 is 33.6 Å². The second-order valence-corrected chi connectivity index (χ2v) is 9.48. The molecule has 0 unspecified atom stereocenters. The Bertz CT molecular complexity index is 687. The van der Waals surface area contributed by atoms with Gasteiger partial charge < -0.3 is 24.1 Å². The van der Waals surface area contributed by atoms with E-state index in [1.165, 1.54) is 76.3 Å².